The number of aryl methyl sites for hydroxylation is 3. The van der Waals surface area contributed by atoms with E-state index in [1.165, 1.54) is 18.3 Å². The van der Waals surface area contributed by atoms with Gasteiger partial charge in [-0.05, 0) is 44.5 Å². The first kappa shape index (κ1) is 17.9. The monoisotopic (exact) mass is 365 g/mol. The van der Waals surface area contributed by atoms with Crippen molar-refractivity contribution >= 4 is 28.7 Å². The molecule has 1 N–H and O–H groups in total. The molecule has 0 aliphatic rings. The second kappa shape index (κ2) is 8.01. The first-order chi connectivity index (χ1) is 12.5. The maximum absolute atomic E-state index is 12.6. The maximum atomic E-state index is 12.6. The standard InChI is InChI=1S/C20H19N3O2S/c1-13-19(20(25)23-17-8-5-6-15(12-17)14(2)24)26-18(22-13)10-9-16-7-3-4-11-21-16/h3-8,11-12H,9-10H2,1-2H3,(H,23,25). The molecule has 0 saturated carbocycles. The third kappa shape index (κ3) is 4.40. The lowest BCUT2D eigenvalue weighted by Crippen LogP contribution is -2.11. The van der Waals surface area contributed by atoms with Gasteiger partial charge in [0, 0.05) is 29.6 Å². The molecule has 132 valence electrons. The topological polar surface area (TPSA) is 72.0 Å². The highest BCUT2D eigenvalue weighted by atomic mass is 32.1. The van der Waals surface area contributed by atoms with Crippen molar-refractivity contribution in [3.63, 3.8) is 0 Å². The van der Waals surface area contributed by atoms with Gasteiger partial charge in [-0.3, -0.25) is 14.6 Å². The van der Waals surface area contributed by atoms with E-state index in [4.69, 9.17) is 0 Å². The molecule has 0 saturated heterocycles. The Balaban J connectivity index is 1.69. The van der Waals surface area contributed by atoms with Crippen LogP contribution in [0.15, 0.2) is 48.7 Å². The summed E-state index contributed by atoms with van der Waals surface area (Å²) in [6, 6.07) is 12.8. The summed E-state index contributed by atoms with van der Waals surface area (Å²) in [6.07, 6.45) is 3.31. The second-order valence-corrected chi connectivity index (χ2v) is 7.02. The van der Waals surface area contributed by atoms with Crippen LogP contribution in [0, 0.1) is 6.92 Å². The first-order valence-electron chi connectivity index (χ1n) is 8.31. The van der Waals surface area contributed by atoms with E-state index in [2.05, 4.69) is 15.3 Å². The molecule has 0 fully saturated rings. The molecule has 0 radical (unpaired) electrons. The average molecular weight is 365 g/mol. The van der Waals surface area contributed by atoms with Crippen LogP contribution in [-0.4, -0.2) is 21.7 Å². The molecule has 2 heterocycles. The third-order valence-corrected chi connectivity index (χ3v) is 5.11. The van der Waals surface area contributed by atoms with Gasteiger partial charge in [-0.15, -0.1) is 11.3 Å². The lowest BCUT2D eigenvalue weighted by atomic mass is 10.1. The number of Topliss-reactive ketones (excluding diaryl/α,β-unsaturated/α-hetero) is 1. The van der Waals surface area contributed by atoms with Gasteiger partial charge in [-0.25, -0.2) is 4.98 Å². The van der Waals surface area contributed by atoms with Crippen LogP contribution in [0.2, 0.25) is 0 Å². The van der Waals surface area contributed by atoms with Gasteiger partial charge in [0.25, 0.3) is 5.91 Å². The number of anilines is 1. The second-order valence-electron chi connectivity index (χ2n) is 5.93. The maximum Gasteiger partial charge on any atom is 0.267 e. The van der Waals surface area contributed by atoms with Gasteiger partial charge in [-0.1, -0.05) is 18.2 Å². The molecule has 26 heavy (non-hydrogen) atoms. The van der Waals surface area contributed by atoms with Crippen LogP contribution in [0.25, 0.3) is 0 Å². The summed E-state index contributed by atoms with van der Waals surface area (Å²) in [5.41, 5.74) is 2.89. The largest absolute Gasteiger partial charge is 0.321 e. The minimum absolute atomic E-state index is 0.0353. The van der Waals surface area contributed by atoms with Crippen LogP contribution in [-0.2, 0) is 12.8 Å². The molecule has 6 heteroatoms. The summed E-state index contributed by atoms with van der Waals surface area (Å²) >= 11 is 1.40. The van der Waals surface area contributed by atoms with E-state index >= 15 is 0 Å². The molecule has 3 rings (SSSR count). The molecule has 0 bridgehead atoms. The molecule has 1 aromatic carbocycles. The zero-order valence-electron chi connectivity index (χ0n) is 14.7. The van der Waals surface area contributed by atoms with Gasteiger partial charge in [-0.2, -0.15) is 0 Å². The minimum Gasteiger partial charge on any atom is -0.321 e. The molecule has 0 atom stereocenters. The summed E-state index contributed by atoms with van der Waals surface area (Å²) in [5, 5.41) is 3.76. The number of ketones is 1. The number of benzene rings is 1. The lowest BCUT2D eigenvalue weighted by Gasteiger charge is -2.05. The molecule has 5 nitrogen and oxygen atoms in total. The number of thiazole rings is 1. The minimum atomic E-state index is -0.204. The third-order valence-electron chi connectivity index (χ3n) is 3.90. The van der Waals surface area contributed by atoms with Crippen LogP contribution in [0.4, 0.5) is 5.69 Å². The normalized spacial score (nSPS) is 10.5. The molecule has 0 spiro atoms. The van der Waals surface area contributed by atoms with E-state index in [-0.39, 0.29) is 11.7 Å². The van der Waals surface area contributed by atoms with Gasteiger partial charge >= 0.3 is 0 Å². The van der Waals surface area contributed by atoms with Crippen molar-refractivity contribution < 1.29 is 9.59 Å². The van der Waals surface area contributed by atoms with Crippen molar-refractivity contribution in [2.75, 3.05) is 5.32 Å². The molecule has 0 aliphatic heterocycles. The molecule has 2 aromatic heterocycles. The zero-order valence-corrected chi connectivity index (χ0v) is 15.5. The summed E-state index contributed by atoms with van der Waals surface area (Å²) in [7, 11) is 0. The fraction of sp³-hybridized carbons (Fsp3) is 0.200. The summed E-state index contributed by atoms with van der Waals surface area (Å²) in [6.45, 7) is 3.34. The Hall–Kier alpha value is -2.86. The predicted molar refractivity (Wildman–Crippen MR) is 103 cm³/mol. The summed E-state index contributed by atoms with van der Waals surface area (Å²) in [4.78, 5) is 33.4. The zero-order chi connectivity index (χ0) is 18.5. The van der Waals surface area contributed by atoms with Crippen LogP contribution < -0.4 is 5.32 Å². The smallest absolute Gasteiger partial charge is 0.267 e. The van der Waals surface area contributed by atoms with Crippen molar-refractivity contribution in [1.29, 1.82) is 0 Å². The number of nitrogens with one attached hydrogen (secondary N) is 1. The van der Waals surface area contributed by atoms with E-state index in [1.807, 2.05) is 25.1 Å². The highest BCUT2D eigenvalue weighted by Crippen LogP contribution is 2.21. The van der Waals surface area contributed by atoms with Gasteiger partial charge in [0.15, 0.2) is 5.78 Å². The van der Waals surface area contributed by atoms with E-state index in [9.17, 15) is 9.59 Å². The summed E-state index contributed by atoms with van der Waals surface area (Å²) in [5.74, 6) is -0.239. The Bertz CT molecular complexity index is 935. The molecular formula is C20H19N3O2S. The lowest BCUT2D eigenvalue weighted by molar-refractivity contribution is 0.101. The Morgan fingerprint density at radius 3 is 2.69 bits per heavy atom. The number of aromatic nitrogens is 2. The Morgan fingerprint density at radius 2 is 1.96 bits per heavy atom. The molecule has 3 aromatic rings. The number of rotatable bonds is 6. The Labute approximate surface area is 156 Å². The number of nitrogens with zero attached hydrogens (tertiary/aromatic N) is 2. The van der Waals surface area contributed by atoms with Crippen LogP contribution in [0.3, 0.4) is 0 Å². The SMILES string of the molecule is CC(=O)c1cccc(NC(=O)c2sc(CCc3ccccn3)nc2C)c1. The fourth-order valence-electron chi connectivity index (χ4n) is 2.55. The number of amides is 1. The number of carbonyl (C=O) groups excluding carboxylic acids is 2. The van der Waals surface area contributed by atoms with Gasteiger partial charge in [0.1, 0.15) is 4.88 Å². The van der Waals surface area contributed by atoms with Crippen LogP contribution in [0.5, 0.6) is 0 Å². The fourth-order valence-corrected chi connectivity index (χ4v) is 3.51. The Morgan fingerprint density at radius 1 is 1.12 bits per heavy atom. The van der Waals surface area contributed by atoms with Crippen molar-refractivity contribution in [1.82, 2.24) is 9.97 Å². The van der Waals surface area contributed by atoms with Gasteiger partial charge in [0.2, 0.25) is 0 Å². The van der Waals surface area contributed by atoms with Crippen molar-refractivity contribution in [2.24, 2.45) is 0 Å². The Kier molecular flexibility index (Phi) is 5.53. The van der Waals surface area contributed by atoms with Crippen LogP contribution in [0.1, 0.15) is 43.3 Å². The molecule has 0 unspecified atom stereocenters. The van der Waals surface area contributed by atoms with Crippen LogP contribution >= 0.6 is 11.3 Å². The highest BCUT2D eigenvalue weighted by molar-refractivity contribution is 7.13. The first-order valence-corrected chi connectivity index (χ1v) is 9.13. The number of hydrogen-bond donors (Lipinski definition) is 1. The summed E-state index contributed by atoms with van der Waals surface area (Å²) < 4.78 is 0. The van der Waals surface area contributed by atoms with Crippen molar-refractivity contribution in [2.45, 2.75) is 26.7 Å². The van der Waals surface area contributed by atoms with E-state index in [0.717, 1.165) is 23.5 Å². The molecule has 1 amide bonds. The van der Waals surface area contributed by atoms with Crippen molar-refractivity contribution in [3.8, 4) is 0 Å². The average Bonchev–Trinajstić information content (AvgIpc) is 3.02. The van der Waals surface area contributed by atoms with Gasteiger partial charge < -0.3 is 5.32 Å². The molecular weight excluding hydrogens is 346 g/mol. The van der Waals surface area contributed by atoms with E-state index in [1.54, 1.807) is 30.5 Å². The molecule has 0 aliphatic carbocycles. The number of hydrogen-bond acceptors (Lipinski definition) is 5. The number of carbonyl (C=O) groups is 2. The quantitative estimate of drug-likeness (QED) is 0.668. The number of pyridine rings is 1. The predicted octanol–water partition coefficient (Wildman–Crippen LogP) is 4.09. The van der Waals surface area contributed by atoms with E-state index < -0.39 is 0 Å². The van der Waals surface area contributed by atoms with Crippen molar-refractivity contribution in [3.05, 3.63) is 75.5 Å². The highest BCUT2D eigenvalue weighted by Gasteiger charge is 2.16. The van der Waals surface area contributed by atoms with Gasteiger partial charge in [0.05, 0.1) is 10.7 Å². The van der Waals surface area contributed by atoms with E-state index in [0.29, 0.717) is 21.8 Å².